The lowest BCUT2D eigenvalue weighted by atomic mass is 10.0. The summed E-state index contributed by atoms with van der Waals surface area (Å²) in [6.07, 6.45) is 8.76. The second-order valence-corrected chi connectivity index (χ2v) is 9.81. The minimum Gasteiger partial charge on any atom is -0.480 e. The zero-order valence-corrected chi connectivity index (χ0v) is 20.5. The van der Waals surface area contributed by atoms with E-state index in [2.05, 4.69) is 27.7 Å². The number of nitrogens with one attached hydrogen (secondary N) is 2. The Bertz CT molecular complexity index is 790. The van der Waals surface area contributed by atoms with Crippen LogP contribution in [0.1, 0.15) is 70.1 Å². The number of likely N-dealkylation sites (N-methyl/N-ethyl adjacent to an activating group) is 1. The van der Waals surface area contributed by atoms with Gasteiger partial charge in [-0.2, -0.15) is 0 Å². The maximum Gasteiger partial charge on any atom is 0.326 e. The summed E-state index contributed by atoms with van der Waals surface area (Å²) in [5, 5.41) is 15.7. The topological polar surface area (TPSA) is 97.8 Å². The van der Waals surface area contributed by atoms with Crippen LogP contribution in [0.4, 0.5) is 10.6 Å². The average Bonchev–Trinajstić information content (AvgIpc) is 2.76. The van der Waals surface area contributed by atoms with Crippen LogP contribution in [0.15, 0.2) is 12.1 Å². The van der Waals surface area contributed by atoms with Crippen molar-refractivity contribution in [2.24, 2.45) is 0 Å². The van der Waals surface area contributed by atoms with E-state index in [4.69, 9.17) is 4.98 Å². The molecule has 2 amide bonds. The zero-order chi connectivity index (χ0) is 23.8. The molecule has 1 fully saturated rings. The lowest BCUT2D eigenvalue weighted by Gasteiger charge is -2.43. The van der Waals surface area contributed by atoms with Crippen LogP contribution >= 0.6 is 0 Å². The highest BCUT2D eigenvalue weighted by Gasteiger charge is 2.33. The molecule has 0 radical (unpaired) electrons. The van der Waals surface area contributed by atoms with Crippen molar-refractivity contribution in [3.8, 4) is 0 Å². The molecule has 33 heavy (non-hydrogen) atoms. The Morgan fingerprint density at radius 1 is 1.15 bits per heavy atom. The SMILES string of the molecule is CC1CN(C)CC(C)N1C(=O)NC(CCCCCCCc1ccc2c(n1)NCCC2)C(=O)O. The molecule has 3 N–H and O–H groups in total. The number of fused-ring (bicyclic) bond motifs is 1. The Morgan fingerprint density at radius 3 is 2.58 bits per heavy atom. The van der Waals surface area contributed by atoms with Crippen molar-refractivity contribution in [1.82, 2.24) is 20.1 Å². The van der Waals surface area contributed by atoms with Gasteiger partial charge in [-0.3, -0.25) is 0 Å². The molecule has 1 aromatic rings. The number of carbonyl (C=O) groups is 2. The Morgan fingerprint density at radius 2 is 1.85 bits per heavy atom. The van der Waals surface area contributed by atoms with Crippen molar-refractivity contribution >= 4 is 17.8 Å². The molecule has 0 bridgehead atoms. The Balaban J connectivity index is 1.33. The van der Waals surface area contributed by atoms with Crippen LogP contribution in [0.3, 0.4) is 0 Å². The van der Waals surface area contributed by atoms with Crippen molar-refractivity contribution in [1.29, 1.82) is 0 Å². The van der Waals surface area contributed by atoms with Crippen LogP contribution in [0.25, 0.3) is 0 Å². The van der Waals surface area contributed by atoms with Crippen molar-refractivity contribution in [2.75, 3.05) is 32.0 Å². The third kappa shape index (κ3) is 7.32. The largest absolute Gasteiger partial charge is 0.480 e. The number of unbranched alkanes of at least 4 members (excludes halogenated alkanes) is 4. The summed E-state index contributed by atoms with van der Waals surface area (Å²) in [6.45, 7) is 6.63. The number of aryl methyl sites for hydroxylation is 2. The molecule has 184 valence electrons. The Kier molecular flexibility index (Phi) is 9.35. The molecule has 3 rings (SSSR count). The fraction of sp³-hybridized carbons (Fsp3) is 0.720. The highest BCUT2D eigenvalue weighted by molar-refractivity contribution is 5.83. The highest BCUT2D eigenvalue weighted by Crippen LogP contribution is 2.21. The minimum absolute atomic E-state index is 0.0635. The first-order chi connectivity index (χ1) is 15.8. The molecule has 0 saturated carbocycles. The predicted octanol–water partition coefficient (Wildman–Crippen LogP) is 3.51. The second kappa shape index (κ2) is 12.2. The van der Waals surface area contributed by atoms with Gasteiger partial charge in [0, 0.05) is 37.4 Å². The van der Waals surface area contributed by atoms with Crippen LogP contribution in [0.5, 0.6) is 0 Å². The summed E-state index contributed by atoms with van der Waals surface area (Å²) in [4.78, 5) is 33.2. The van der Waals surface area contributed by atoms with Gasteiger partial charge >= 0.3 is 12.0 Å². The fourth-order valence-electron chi connectivity index (χ4n) is 5.16. The summed E-state index contributed by atoms with van der Waals surface area (Å²) in [7, 11) is 2.04. The van der Waals surface area contributed by atoms with E-state index in [0.717, 1.165) is 76.1 Å². The van der Waals surface area contributed by atoms with Crippen LogP contribution in [0, 0.1) is 0 Å². The van der Waals surface area contributed by atoms with Gasteiger partial charge in [-0.1, -0.05) is 31.7 Å². The molecular formula is C25H41N5O3. The monoisotopic (exact) mass is 459 g/mol. The van der Waals surface area contributed by atoms with Crippen LogP contribution in [-0.2, 0) is 17.6 Å². The van der Waals surface area contributed by atoms with Crippen molar-refractivity contribution < 1.29 is 14.7 Å². The third-order valence-corrected chi connectivity index (χ3v) is 6.81. The molecule has 0 aromatic carbocycles. The summed E-state index contributed by atoms with van der Waals surface area (Å²) >= 11 is 0. The molecule has 8 heteroatoms. The molecule has 0 aliphatic carbocycles. The van der Waals surface area contributed by atoms with Crippen molar-refractivity contribution in [2.45, 2.75) is 89.8 Å². The van der Waals surface area contributed by atoms with Gasteiger partial charge in [0.15, 0.2) is 0 Å². The van der Waals surface area contributed by atoms with Crippen LogP contribution in [-0.4, -0.2) is 76.7 Å². The number of aromatic nitrogens is 1. The number of urea groups is 1. The number of nitrogens with zero attached hydrogens (tertiary/aromatic N) is 3. The standard InChI is InChI=1S/C25H41N5O3/c1-18-16-29(3)17-19(2)30(18)25(33)28-22(24(31)32)12-8-6-4-5-7-11-21-14-13-20-10-9-15-26-23(20)27-21/h13-14,18-19,22H,4-12,15-17H2,1-3H3,(H,26,27)(H,28,33)(H,31,32). The number of carboxylic acids is 1. The number of carbonyl (C=O) groups excluding carboxylic acids is 1. The molecule has 8 nitrogen and oxygen atoms in total. The van der Waals surface area contributed by atoms with Gasteiger partial charge in [-0.15, -0.1) is 0 Å². The summed E-state index contributed by atoms with van der Waals surface area (Å²) < 4.78 is 0. The molecule has 2 aliphatic rings. The van der Waals surface area contributed by atoms with Crippen molar-refractivity contribution in [3.63, 3.8) is 0 Å². The van der Waals surface area contributed by atoms with Gasteiger partial charge in [-0.05, 0) is 64.6 Å². The number of hydrogen-bond acceptors (Lipinski definition) is 5. The van der Waals surface area contributed by atoms with Crippen LogP contribution in [0.2, 0.25) is 0 Å². The molecule has 3 atom stereocenters. The zero-order valence-electron chi connectivity index (χ0n) is 20.5. The molecule has 1 saturated heterocycles. The van der Waals surface area contributed by atoms with E-state index < -0.39 is 12.0 Å². The maximum absolute atomic E-state index is 12.8. The third-order valence-electron chi connectivity index (χ3n) is 6.81. The first-order valence-corrected chi connectivity index (χ1v) is 12.6. The van der Waals surface area contributed by atoms with E-state index in [-0.39, 0.29) is 18.1 Å². The Labute approximate surface area is 198 Å². The lowest BCUT2D eigenvalue weighted by molar-refractivity contribution is -0.139. The van der Waals surface area contributed by atoms with E-state index in [9.17, 15) is 14.7 Å². The van der Waals surface area contributed by atoms with E-state index in [1.165, 1.54) is 12.0 Å². The predicted molar refractivity (Wildman–Crippen MR) is 131 cm³/mol. The normalized spacial score (nSPS) is 21.7. The lowest BCUT2D eigenvalue weighted by Crippen LogP contribution is -2.61. The molecule has 3 unspecified atom stereocenters. The van der Waals surface area contributed by atoms with Crippen molar-refractivity contribution in [3.05, 3.63) is 23.4 Å². The smallest absolute Gasteiger partial charge is 0.326 e. The summed E-state index contributed by atoms with van der Waals surface area (Å²) in [6, 6.07) is 3.38. The summed E-state index contributed by atoms with van der Waals surface area (Å²) in [5.41, 5.74) is 2.46. The van der Waals surface area contributed by atoms with Gasteiger partial charge in [0.2, 0.25) is 0 Å². The van der Waals surface area contributed by atoms with E-state index >= 15 is 0 Å². The van der Waals surface area contributed by atoms with Gasteiger partial charge in [0.1, 0.15) is 11.9 Å². The van der Waals surface area contributed by atoms with Crippen LogP contribution < -0.4 is 10.6 Å². The Hall–Kier alpha value is -2.35. The molecule has 3 heterocycles. The average molecular weight is 460 g/mol. The molecule has 2 aliphatic heterocycles. The van der Waals surface area contributed by atoms with Gasteiger partial charge in [-0.25, -0.2) is 14.6 Å². The molecule has 1 aromatic heterocycles. The first-order valence-electron chi connectivity index (χ1n) is 12.6. The second-order valence-electron chi connectivity index (χ2n) is 9.81. The van der Waals surface area contributed by atoms with Gasteiger partial charge in [0.05, 0.1) is 0 Å². The minimum atomic E-state index is -0.954. The molecule has 0 spiro atoms. The van der Waals surface area contributed by atoms with E-state index in [1.54, 1.807) is 4.90 Å². The van der Waals surface area contributed by atoms with Gasteiger partial charge < -0.3 is 25.5 Å². The highest BCUT2D eigenvalue weighted by atomic mass is 16.4. The number of amides is 2. The number of hydrogen-bond donors (Lipinski definition) is 3. The van der Waals surface area contributed by atoms with E-state index in [0.29, 0.717) is 6.42 Å². The number of piperazine rings is 1. The number of pyridine rings is 1. The van der Waals surface area contributed by atoms with Gasteiger partial charge in [0.25, 0.3) is 0 Å². The summed E-state index contributed by atoms with van der Waals surface area (Å²) in [5.74, 6) is 0.103. The quantitative estimate of drug-likeness (QED) is 0.463. The molecular weight excluding hydrogens is 418 g/mol. The maximum atomic E-state index is 12.8. The number of carboxylic acid groups (broad SMARTS) is 1. The first kappa shape index (κ1) is 25.3. The van der Waals surface area contributed by atoms with E-state index in [1.807, 2.05) is 20.9 Å². The number of rotatable bonds is 10. The number of anilines is 1. The fourth-order valence-corrected chi connectivity index (χ4v) is 5.16. The number of aliphatic carboxylic acids is 1.